The molecule has 0 radical (unpaired) electrons. The molecular weight excluding hydrogens is 288 g/mol. The fourth-order valence-electron chi connectivity index (χ4n) is 2.69. The van der Waals surface area contributed by atoms with Crippen LogP contribution < -0.4 is 10.7 Å². The number of amides is 1. The van der Waals surface area contributed by atoms with E-state index in [1.54, 1.807) is 16.8 Å². The first kappa shape index (κ1) is 15.0. The first-order valence-corrected chi connectivity index (χ1v) is 7.65. The van der Waals surface area contributed by atoms with Gasteiger partial charge in [-0.25, -0.2) is 0 Å². The van der Waals surface area contributed by atoms with Gasteiger partial charge in [0.15, 0.2) is 5.43 Å². The summed E-state index contributed by atoms with van der Waals surface area (Å²) in [5, 5.41) is 3.57. The minimum atomic E-state index is -0.111. The van der Waals surface area contributed by atoms with Crippen LogP contribution in [0.15, 0.2) is 65.6 Å². The van der Waals surface area contributed by atoms with Gasteiger partial charge in [-0.3, -0.25) is 9.59 Å². The summed E-state index contributed by atoms with van der Waals surface area (Å²) in [4.78, 5) is 24.2. The monoisotopic (exact) mass is 306 g/mol. The zero-order valence-corrected chi connectivity index (χ0v) is 13.0. The van der Waals surface area contributed by atoms with Crippen LogP contribution in [-0.2, 0) is 17.8 Å². The number of fused-ring (bicyclic) bond motifs is 1. The minimum absolute atomic E-state index is 0.0337. The van der Waals surface area contributed by atoms with Gasteiger partial charge in [0.1, 0.15) is 6.54 Å². The summed E-state index contributed by atoms with van der Waals surface area (Å²) in [5.74, 6) is -0.111. The Labute approximate surface area is 134 Å². The Morgan fingerprint density at radius 1 is 1.04 bits per heavy atom. The number of aryl methyl sites for hydroxylation is 1. The molecule has 0 aliphatic carbocycles. The Balaban J connectivity index is 1.86. The highest BCUT2D eigenvalue weighted by atomic mass is 16.2. The number of benzene rings is 2. The third kappa shape index (κ3) is 3.16. The van der Waals surface area contributed by atoms with Crippen molar-refractivity contribution in [2.75, 3.05) is 5.32 Å². The second kappa shape index (κ2) is 6.48. The molecule has 1 amide bonds. The SMILES string of the molecule is CCc1ccccc1NC(=O)Cn1ccc(=O)c2ccccc21. The normalized spacial score (nSPS) is 10.7. The van der Waals surface area contributed by atoms with E-state index in [4.69, 9.17) is 0 Å². The Morgan fingerprint density at radius 3 is 2.61 bits per heavy atom. The quantitative estimate of drug-likeness (QED) is 0.804. The number of carbonyl (C=O) groups excluding carboxylic acids is 1. The maximum atomic E-state index is 12.4. The molecule has 4 heteroatoms. The third-order valence-electron chi connectivity index (χ3n) is 3.87. The molecule has 1 N–H and O–H groups in total. The fourth-order valence-corrected chi connectivity index (χ4v) is 2.69. The van der Waals surface area contributed by atoms with Gasteiger partial charge < -0.3 is 9.88 Å². The Hall–Kier alpha value is -2.88. The van der Waals surface area contributed by atoms with E-state index in [9.17, 15) is 9.59 Å². The van der Waals surface area contributed by atoms with Crippen LogP contribution in [0, 0.1) is 0 Å². The van der Waals surface area contributed by atoms with Gasteiger partial charge in [0.05, 0.1) is 5.52 Å². The van der Waals surface area contributed by atoms with Crippen LogP contribution in [-0.4, -0.2) is 10.5 Å². The van der Waals surface area contributed by atoms with Crippen LogP contribution in [0.4, 0.5) is 5.69 Å². The predicted octanol–water partition coefficient (Wildman–Crippen LogP) is 3.20. The van der Waals surface area contributed by atoms with Crippen molar-refractivity contribution in [1.29, 1.82) is 0 Å². The molecule has 0 bridgehead atoms. The van der Waals surface area contributed by atoms with Gasteiger partial charge >= 0.3 is 0 Å². The van der Waals surface area contributed by atoms with Crippen molar-refractivity contribution in [3.63, 3.8) is 0 Å². The topological polar surface area (TPSA) is 51.1 Å². The number of rotatable bonds is 4. The number of carbonyl (C=O) groups is 1. The number of hydrogen-bond donors (Lipinski definition) is 1. The van der Waals surface area contributed by atoms with E-state index in [0.29, 0.717) is 5.39 Å². The first-order chi connectivity index (χ1) is 11.2. The molecule has 0 fully saturated rings. The van der Waals surface area contributed by atoms with Crippen LogP contribution >= 0.6 is 0 Å². The summed E-state index contributed by atoms with van der Waals surface area (Å²) in [6, 6.07) is 16.6. The number of aromatic nitrogens is 1. The molecular formula is C19H18N2O2. The maximum Gasteiger partial charge on any atom is 0.244 e. The number of nitrogens with zero attached hydrogens (tertiary/aromatic N) is 1. The lowest BCUT2D eigenvalue weighted by Gasteiger charge is -2.13. The van der Waals surface area contributed by atoms with Crippen LogP contribution in [0.25, 0.3) is 10.9 Å². The van der Waals surface area contributed by atoms with Gasteiger partial charge in [-0.15, -0.1) is 0 Å². The maximum absolute atomic E-state index is 12.4. The summed E-state index contributed by atoms with van der Waals surface area (Å²) in [7, 11) is 0. The lowest BCUT2D eigenvalue weighted by Crippen LogP contribution is -2.21. The summed E-state index contributed by atoms with van der Waals surface area (Å²) < 4.78 is 1.79. The molecule has 1 heterocycles. The molecule has 1 aromatic heterocycles. The molecule has 23 heavy (non-hydrogen) atoms. The molecule has 0 aliphatic rings. The molecule has 0 saturated heterocycles. The van der Waals surface area contributed by atoms with Gasteiger partial charge in [-0.1, -0.05) is 37.3 Å². The number of hydrogen-bond acceptors (Lipinski definition) is 2. The van der Waals surface area contributed by atoms with Crippen molar-refractivity contribution in [3.05, 3.63) is 76.6 Å². The van der Waals surface area contributed by atoms with E-state index in [1.165, 1.54) is 6.07 Å². The highest BCUT2D eigenvalue weighted by molar-refractivity contribution is 5.92. The smallest absolute Gasteiger partial charge is 0.244 e. The Kier molecular flexibility index (Phi) is 4.24. The van der Waals surface area contributed by atoms with Crippen LogP contribution in [0.2, 0.25) is 0 Å². The number of anilines is 1. The molecule has 4 nitrogen and oxygen atoms in total. The van der Waals surface area contributed by atoms with E-state index >= 15 is 0 Å². The van der Waals surface area contributed by atoms with Crippen molar-refractivity contribution in [3.8, 4) is 0 Å². The van der Waals surface area contributed by atoms with E-state index < -0.39 is 0 Å². The molecule has 116 valence electrons. The van der Waals surface area contributed by atoms with Crippen molar-refractivity contribution in [2.24, 2.45) is 0 Å². The molecule has 2 aromatic carbocycles. The van der Waals surface area contributed by atoms with Gasteiger partial charge in [0.25, 0.3) is 0 Å². The predicted molar refractivity (Wildman–Crippen MR) is 92.7 cm³/mol. The van der Waals surface area contributed by atoms with E-state index in [-0.39, 0.29) is 17.9 Å². The van der Waals surface area contributed by atoms with E-state index in [1.807, 2.05) is 42.5 Å². The average molecular weight is 306 g/mol. The molecule has 0 unspecified atom stereocenters. The molecule has 0 saturated carbocycles. The minimum Gasteiger partial charge on any atom is -0.338 e. The molecule has 0 spiro atoms. The molecule has 0 aliphatic heterocycles. The lowest BCUT2D eigenvalue weighted by atomic mass is 10.1. The molecule has 0 atom stereocenters. The van der Waals surface area contributed by atoms with Crippen LogP contribution in [0.1, 0.15) is 12.5 Å². The van der Waals surface area contributed by atoms with Crippen molar-refractivity contribution in [1.82, 2.24) is 4.57 Å². The molecule has 3 rings (SSSR count). The van der Waals surface area contributed by atoms with Crippen LogP contribution in [0.5, 0.6) is 0 Å². The lowest BCUT2D eigenvalue weighted by molar-refractivity contribution is -0.116. The number of para-hydroxylation sites is 2. The van der Waals surface area contributed by atoms with Crippen molar-refractivity contribution >= 4 is 22.5 Å². The van der Waals surface area contributed by atoms with E-state index in [2.05, 4.69) is 12.2 Å². The Bertz CT molecular complexity index is 912. The second-order valence-electron chi connectivity index (χ2n) is 5.38. The summed E-state index contributed by atoms with van der Waals surface area (Å²) in [6.07, 6.45) is 2.52. The summed E-state index contributed by atoms with van der Waals surface area (Å²) in [6.45, 7) is 2.22. The van der Waals surface area contributed by atoms with Gasteiger partial charge in [0.2, 0.25) is 5.91 Å². The summed E-state index contributed by atoms with van der Waals surface area (Å²) >= 11 is 0. The van der Waals surface area contributed by atoms with Gasteiger partial charge in [-0.05, 0) is 30.2 Å². The number of pyridine rings is 1. The zero-order chi connectivity index (χ0) is 16.2. The largest absolute Gasteiger partial charge is 0.338 e. The highest BCUT2D eigenvalue weighted by Crippen LogP contribution is 2.16. The number of nitrogens with one attached hydrogen (secondary N) is 1. The van der Waals surface area contributed by atoms with Crippen molar-refractivity contribution < 1.29 is 4.79 Å². The van der Waals surface area contributed by atoms with Gasteiger partial charge in [0, 0.05) is 23.3 Å². The second-order valence-corrected chi connectivity index (χ2v) is 5.38. The standard InChI is InChI=1S/C19H18N2O2/c1-2-14-7-3-5-9-16(14)20-19(23)13-21-12-11-18(22)15-8-4-6-10-17(15)21/h3-12H,2,13H2,1H3,(H,20,23). The first-order valence-electron chi connectivity index (χ1n) is 7.65. The highest BCUT2D eigenvalue weighted by Gasteiger charge is 2.08. The zero-order valence-electron chi connectivity index (χ0n) is 13.0. The molecule has 3 aromatic rings. The third-order valence-corrected chi connectivity index (χ3v) is 3.87. The van der Waals surface area contributed by atoms with E-state index in [0.717, 1.165) is 23.2 Å². The fraction of sp³-hybridized carbons (Fsp3) is 0.158. The Morgan fingerprint density at radius 2 is 1.78 bits per heavy atom. The van der Waals surface area contributed by atoms with Gasteiger partial charge in [-0.2, -0.15) is 0 Å². The van der Waals surface area contributed by atoms with Crippen LogP contribution in [0.3, 0.4) is 0 Å². The average Bonchev–Trinajstić information content (AvgIpc) is 2.58. The summed E-state index contributed by atoms with van der Waals surface area (Å²) in [5.41, 5.74) is 2.67. The van der Waals surface area contributed by atoms with Crippen molar-refractivity contribution in [2.45, 2.75) is 19.9 Å².